The van der Waals surface area contributed by atoms with Crippen molar-refractivity contribution < 1.29 is 17.6 Å². The van der Waals surface area contributed by atoms with Gasteiger partial charge in [-0.25, -0.2) is 4.39 Å². The molecule has 1 saturated heterocycles. The summed E-state index contributed by atoms with van der Waals surface area (Å²) in [5, 5.41) is 3.17. The molecule has 1 N–H and O–H groups in total. The lowest BCUT2D eigenvalue weighted by atomic mass is 10.0. The lowest BCUT2D eigenvalue weighted by molar-refractivity contribution is -0.137. The molecular formula is C13H16F4N2. The lowest BCUT2D eigenvalue weighted by Gasteiger charge is -2.33. The smallest absolute Gasteiger partial charge is 0.314 e. The molecule has 0 spiro atoms. The molecule has 0 aromatic heterocycles. The fourth-order valence-electron chi connectivity index (χ4n) is 2.30. The minimum Gasteiger partial charge on any atom is -0.314 e. The molecule has 106 valence electrons. The molecule has 1 aliphatic heterocycles. The number of piperazine rings is 1. The maximum absolute atomic E-state index is 13.4. The summed E-state index contributed by atoms with van der Waals surface area (Å²) in [5.41, 5.74) is -0.557. The van der Waals surface area contributed by atoms with E-state index in [0.717, 1.165) is 32.2 Å². The minimum atomic E-state index is -4.51. The van der Waals surface area contributed by atoms with E-state index in [1.165, 1.54) is 6.07 Å². The molecular weight excluding hydrogens is 260 g/mol. The second kappa shape index (κ2) is 5.46. The SMILES string of the molecule is C[C@H](c1cc(F)cc(C(F)(F)F)c1)N1CCNCC1. The number of halogens is 4. The average Bonchev–Trinajstić information content (AvgIpc) is 2.37. The fraction of sp³-hybridized carbons (Fsp3) is 0.538. The molecule has 2 rings (SSSR count). The molecule has 1 heterocycles. The van der Waals surface area contributed by atoms with Crippen molar-refractivity contribution in [2.75, 3.05) is 26.2 Å². The molecule has 1 aromatic carbocycles. The summed E-state index contributed by atoms with van der Waals surface area (Å²) < 4.78 is 51.3. The fourth-order valence-corrected chi connectivity index (χ4v) is 2.30. The van der Waals surface area contributed by atoms with E-state index in [9.17, 15) is 17.6 Å². The lowest BCUT2D eigenvalue weighted by Crippen LogP contribution is -2.44. The predicted molar refractivity (Wildman–Crippen MR) is 64.3 cm³/mol. The van der Waals surface area contributed by atoms with Crippen LogP contribution in [0, 0.1) is 5.82 Å². The Labute approximate surface area is 109 Å². The first-order valence-corrected chi connectivity index (χ1v) is 6.20. The highest BCUT2D eigenvalue weighted by Crippen LogP contribution is 2.32. The monoisotopic (exact) mass is 276 g/mol. The second-order valence-electron chi connectivity index (χ2n) is 4.73. The molecule has 6 heteroatoms. The molecule has 1 aromatic rings. The van der Waals surface area contributed by atoms with Crippen molar-refractivity contribution in [3.05, 3.63) is 35.1 Å². The first-order valence-electron chi connectivity index (χ1n) is 6.20. The first kappa shape index (κ1) is 14.3. The van der Waals surface area contributed by atoms with Crippen LogP contribution in [0.4, 0.5) is 17.6 Å². The van der Waals surface area contributed by atoms with Gasteiger partial charge in [-0.15, -0.1) is 0 Å². The van der Waals surface area contributed by atoms with Crippen LogP contribution >= 0.6 is 0 Å². The minimum absolute atomic E-state index is 0.223. The van der Waals surface area contributed by atoms with Gasteiger partial charge >= 0.3 is 6.18 Å². The van der Waals surface area contributed by atoms with Crippen LogP contribution in [0.1, 0.15) is 24.1 Å². The maximum atomic E-state index is 13.4. The van der Waals surface area contributed by atoms with Crippen LogP contribution in [-0.2, 0) is 6.18 Å². The maximum Gasteiger partial charge on any atom is 0.416 e. The van der Waals surface area contributed by atoms with Crippen molar-refractivity contribution in [1.29, 1.82) is 0 Å². The number of rotatable bonds is 2. The van der Waals surface area contributed by atoms with Gasteiger partial charge < -0.3 is 5.32 Å². The van der Waals surface area contributed by atoms with Gasteiger partial charge in [0.05, 0.1) is 5.56 Å². The van der Waals surface area contributed by atoms with Crippen molar-refractivity contribution in [3.63, 3.8) is 0 Å². The molecule has 0 saturated carbocycles. The van der Waals surface area contributed by atoms with Gasteiger partial charge in [0.2, 0.25) is 0 Å². The molecule has 0 radical (unpaired) electrons. The quantitative estimate of drug-likeness (QED) is 0.836. The molecule has 0 aliphatic carbocycles. The molecule has 0 bridgehead atoms. The summed E-state index contributed by atoms with van der Waals surface area (Å²) in [6.07, 6.45) is -4.51. The van der Waals surface area contributed by atoms with Gasteiger partial charge in [0.25, 0.3) is 0 Å². The second-order valence-corrected chi connectivity index (χ2v) is 4.73. The van der Waals surface area contributed by atoms with Gasteiger partial charge in [-0.1, -0.05) is 0 Å². The number of hydrogen-bond donors (Lipinski definition) is 1. The Morgan fingerprint density at radius 3 is 2.37 bits per heavy atom. The zero-order valence-corrected chi connectivity index (χ0v) is 10.6. The van der Waals surface area contributed by atoms with Crippen LogP contribution in [0.15, 0.2) is 18.2 Å². The number of hydrogen-bond acceptors (Lipinski definition) is 2. The van der Waals surface area contributed by atoms with Crippen molar-refractivity contribution in [3.8, 4) is 0 Å². The summed E-state index contributed by atoms with van der Waals surface area (Å²) in [5.74, 6) is -0.841. The van der Waals surface area contributed by atoms with Crippen molar-refractivity contribution in [2.45, 2.75) is 19.1 Å². The third kappa shape index (κ3) is 3.45. The van der Waals surface area contributed by atoms with Gasteiger partial charge in [-0.05, 0) is 30.7 Å². The Balaban J connectivity index is 2.26. The molecule has 2 nitrogen and oxygen atoms in total. The van der Waals surface area contributed by atoms with Crippen LogP contribution in [0.3, 0.4) is 0 Å². The Hall–Kier alpha value is -1.14. The van der Waals surface area contributed by atoms with Gasteiger partial charge in [-0.2, -0.15) is 13.2 Å². The Morgan fingerprint density at radius 2 is 1.79 bits per heavy atom. The largest absolute Gasteiger partial charge is 0.416 e. The van der Waals surface area contributed by atoms with E-state index in [0.29, 0.717) is 11.6 Å². The number of benzene rings is 1. The van der Waals surface area contributed by atoms with E-state index < -0.39 is 17.6 Å². The number of nitrogens with zero attached hydrogens (tertiary/aromatic N) is 1. The molecule has 1 aliphatic rings. The Kier molecular flexibility index (Phi) is 4.10. The summed E-state index contributed by atoms with van der Waals surface area (Å²) in [6.45, 7) is 4.90. The average molecular weight is 276 g/mol. The normalized spacial score (nSPS) is 19.4. The topological polar surface area (TPSA) is 15.3 Å². The first-order chi connectivity index (χ1) is 8.88. The zero-order chi connectivity index (χ0) is 14.0. The van der Waals surface area contributed by atoms with Crippen LogP contribution in [0.2, 0.25) is 0 Å². The summed E-state index contributed by atoms with van der Waals surface area (Å²) >= 11 is 0. The molecule has 19 heavy (non-hydrogen) atoms. The van der Waals surface area contributed by atoms with E-state index in [4.69, 9.17) is 0 Å². The molecule has 1 atom stereocenters. The van der Waals surface area contributed by atoms with E-state index in [1.54, 1.807) is 6.92 Å². The van der Waals surface area contributed by atoms with Crippen LogP contribution < -0.4 is 5.32 Å². The van der Waals surface area contributed by atoms with Gasteiger partial charge in [0.1, 0.15) is 5.82 Å². The summed E-state index contributed by atoms with van der Waals surface area (Å²) in [7, 11) is 0. The summed E-state index contributed by atoms with van der Waals surface area (Å²) in [4.78, 5) is 2.05. The predicted octanol–water partition coefficient (Wildman–Crippen LogP) is 2.81. The standard InChI is InChI=1S/C13H16F4N2/c1-9(19-4-2-18-3-5-19)10-6-11(13(15,16)17)8-12(14)7-10/h6-9,18H,2-5H2,1H3/t9-/m1/s1. The number of nitrogens with one attached hydrogen (secondary N) is 1. The van der Waals surface area contributed by atoms with E-state index >= 15 is 0 Å². The van der Waals surface area contributed by atoms with Crippen molar-refractivity contribution in [1.82, 2.24) is 10.2 Å². The molecule has 0 unspecified atom stereocenters. The molecule has 0 amide bonds. The highest BCUT2D eigenvalue weighted by Gasteiger charge is 2.32. The van der Waals surface area contributed by atoms with Gasteiger partial charge in [0.15, 0.2) is 0 Å². The third-order valence-electron chi connectivity index (χ3n) is 3.43. The molecule has 1 fully saturated rings. The highest BCUT2D eigenvalue weighted by atomic mass is 19.4. The highest BCUT2D eigenvalue weighted by molar-refractivity contribution is 5.29. The van der Waals surface area contributed by atoms with Gasteiger partial charge in [0, 0.05) is 32.2 Å². The Bertz CT molecular complexity index is 439. The third-order valence-corrected chi connectivity index (χ3v) is 3.43. The van der Waals surface area contributed by atoms with Crippen LogP contribution in [0.25, 0.3) is 0 Å². The van der Waals surface area contributed by atoms with Crippen LogP contribution in [-0.4, -0.2) is 31.1 Å². The van der Waals surface area contributed by atoms with E-state index in [2.05, 4.69) is 5.32 Å². The van der Waals surface area contributed by atoms with Gasteiger partial charge in [-0.3, -0.25) is 4.90 Å². The number of alkyl halides is 3. The van der Waals surface area contributed by atoms with Crippen molar-refractivity contribution >= 4 is 0 Å². The van der Waals surface area contributed by atoms with Crippen molar-refractivity contribution in [2.24, 2.45) is 0 Å². The Morgan fingerprint density at radius 1 is 1.16 bits per heavy atom. The van der Waals surface area contributed by atoms with E-state index in [-0.39, 0.29) is 6.04 Å². The van der Waals surface area contributed by atoms with Crippen LogP contribution in [0.5, 0.6) is 0 Å². The van der Waals surface area contributed by atoms with E-state index in [1.807, 2.05) is 4.90 Å². The zero-order valence-electron chi connectivity index (χ0n) is 10.6. The summed E-state index contributed by atoms with van der Waals surface area (Å²) in [6, 6.07) is 2.53.